The maximum atomic E-state index is 10.2. The fraction of sp³-hybridized carbons (Fsp3) is 0.647. The zero-order chi connectivity index (χ0) is 13.7. The maximum Gasteiger partial charge on any atom is 0.0807 e. The molecule has 106 valence electrons. The van der Waals surface area contributed by atoms with Crippen LogP contribution < -0.4 is 4.90 Å². The van der Waals surface area contributed by atoms with Gasteiger partial charge in [-0.25, -0.2) is 0 Å². The van der Waals surface area contributed by atoms with Crippen molar-refractivity contribution in [3.05, 3.63) is 29.8 Å². The van der Waals surface area contributed by atoms with Crippen molar-refractivity contribution in [1.82, 2.24) is 0 Å². The van der Waals surface area contributed by atoms with Gasteiger partial charge in [0.15, 0.2) is 0 Å². The molecule has 1 aromatic carbocycles. The van der Waals surface area contributed by atoms with Crippen molar-refractivity contribution in [2.75, 3.05) is 11.4 Å². The molecule has 1 aliphatic rings. The van der Waals surface area contributed by atoms with Crippen LogP contribution in [0.4, 0.5) is 5.69 Å². The Morgan fingerprint density at radius 1 is 1.16 bits per heavy atom. The van der Waals surface area contributed by atoms with E-state index in [9.17, 15) is 5.11 Å². The second-order valence-corrected chi connectivity index (χ2v) is 5.56. The molecule has 2 rings (SSSR count). The number of benzene rings is 1. The quantitative estimate of drug-likeness (QED) is 0.854. The lowest BCUT2D eigenvalue weighted by atomic mass is 9.92. The highest BCUT2D eigenvalue weighted by Gasteiger charge is 2.23. The molecule has 2 nitrogen and oxygen atoms in total. The van der Waals surface area contributed by atoms with Gasteiger partial charge in [-0.2, -0.15) is 0 Å². The fourth-order valence-corrected chi connectivity index (χ4v) is 3.27. The minimum atomic E-state index is -0.339. The second kappa shape index (κ2) is 6.95. The fourth-order valence-electron chi connectivity index (χ4n) is 3.27. The normalized spacial score (nSPS) is 18.3. The number of aliphatic hydroxyl groups is 1. The highest BCUT2D eigenvalue weighted by atomic mass is 16.3. The summed E-state index contributed by atoms with van der Waals surface area (Å²) in [6.07, 6.45) is 7.11. The Morgan fingerprint density at radius 3 is 2.47 bits per heavy atom. The van der Waals surface area contributed by atoms with Gasteiger partial charge in [-0.3, -0.25) is 0 Å². The lowest BCUT2D eigenvalue weighted by Gasteiger charge is -2.37. The molecule has 0 spiro atoms. The Hall–Kier alpha value is -1.02. The van der Waals surface area contributed by atoms with Crippen LogP contribution in [0.5, 0.6) is 0 Å². The van der Waals surface area contributed by atoms with Gasteiger partial charge in [0.2, 0.25) is 0 Å². The van der Waals surface area contributed by atoms with E-state index in [0.717, 1.165) is 18.5 Å². The molecule has 1 fully saturated rings. The van der Waals surface area contributed by atoms with Gasteiger partial charge in [-0.15, -0.1) is 0 Å². The second-order valence-electron chi connectivity index (χ2n) is 5.56. The molecule has 2 heteroatoms. The minimum Gasteiger partial charge on any atom is -0.388 e. The molecule has 0 radical (unpaired) electrons. The Bertz CT molecular complexity index is 385. The van der Waals surface area contributed by atoms with E-state index in [0.29, 0.717) is 6.04 Å². The summed E-state index contributed by atoms with van der Waals surface area (Å²) in [5.41, 5.74) is 2.34. The molecule has 1 aliphatic carbocycles. The molecular weight excluding hydrogens is 234 g/mol. The molecule has 0 amide bonds. The third kappa shape index (κ3) is 3.30. The highest BCUT2D eigenvalue weighted by molar-refractivity contribution is 5.55. The largest absolute Gasteiger partial charge is 0.388 e. The van der Waals surface area contributed by atoms with E-state index in [1.54, 1.807) is 0 Å². The molecule has 0 bridgehead atoms. The standard InChI is InChI=1S/C17H27NO/c1-3-17(19)15-12-8-9-13-16(15)18(4-2)14-10-6-5-7-11-14/h8-9,12-14,17,19H,3-7,10-11H2,1-2H3/t17-/m1/s1. The summed E-state index contributed by atoms with van der Waals surface area (Å²) in [5, 5.41) is 10.2. The van der Waals surface area contributed by atoms with Crippen LogP contribution in [0.1, 0.15) is 64.0 Å². The van der Waals surface area contributed by atoms with Gasteiger partial charge < -0.3 is 10.0 Å². The van der Waals surface area contributed by atoms with Crippen LogP contribution in [0.3, 0.4) is 0 Å². The van der Waals surface area contributed by atoms with Crippen molar-refractivity contribution in [2.24, 2.45) is 0 Å². The number of hydrogen-bond acceptors (Lipinski definition) is 2. The number of nitrogens with zero attached hydrogens (tertiary/aromatic N) is 1. The van der Waals surface area contributed by atoms with Crippen LogP contribution in [0.2, 0.25) is 0 Å². The molecule has 0 saturated heterocycles. The van der Waals surface area contributed by atoms with E-state index in [4.69, 9.17) is 0 Å². The number of para-hydroxylation sites is 1. The van der Waals surface area contributed by atoms with Crippen LogP contribution in [-0.2, 0) is 0 Å². The topological polar surface area (TPSA) is 23.5 Å². The SMILES string of the molecule is CC[C@@H](O)c1ccccc1N(CC)C1CCCCC1. The van der Waals surface area contributed by atoms with Crippen molar-refractivity contribution in [3.63, 3.8) is 0 Å². The van der Waals surface area contributed by atoms with Crippen LogP contribution in [0.15, 0.2) is 24.3 Å². The van der Waals surface area contributed by atoms with Crippen molar-refractivity contribution < 1.29 is 5.11 Å². The predicted molar refractivity (Wildman–Crippen MR) is 81.6 cm³/mol. The Kier molecular flexibility index (Phi) is 5.26. The molecule has 1 aromatic rings. The van der Waals surface area contributed by atoms with E-state index < -0.39 is 0 Å². The van der Waals surface area contributed by atoms with Crippen molar-refractivity contribution in [3.8, 4) is 0 Å². The number of hydrogen-bond donors (Lipinski definition) is 1. The van der Waals surface area contributed by atoms with Crippen LogP contribution in [0, 0.1) is 0 Å². The van der Waals surface area contributed by atoms with Crippen molar-refractivity contribution in [2.45, 2.75) is 64.5 Å². The van der Waals surface area contributed by atoms with E-state index >= 15 is 0 Å². The van der Waals surface area contributed by atoms with E-state index in [2.05, 4.69) is 30.0 Å². The first-order chi connectivity index (χ1) is 9.27. The Morgan fingerprint density at radius 2 is 1.84 bits per heavy atom. The highest BCUT2D eigenvalue weighted by Crippen LogP contribution is 2.33. The Labute approximate surface area is 117 Å². The summed E-state index contributed by atoms with van der Waals surface area (Å²) in [6, 6.07) is 9.03. The van der Waals surface area contributed by atoms with Gasteiger partial charge in [0.05, 0.1) is 6.10 Å². The molecule has 0 heterocycles. The van der Waals surface area contributed by atoms with Crippen molar-refractivity contribution in [1.29, 1.82) is 0 Å². The molecule has 0 unspecified atom stereocenters. The maximum absolute atomic E-state index is 10.2. The first-order valence-electron chi connectivity index (χ1n) is 7.81. The lowest BCUT2D eigenvalue weighted by Crippen LogP contribution is -2.37. The summed E-state index contributed by atoms with van der Waals surface area (Å²) >= 11 is 0. The zero-order valence-corrected chi connectivity index (χ0v) is 12.3. The van der Waals surface area contributed by atoms with Crippen LogP contribution in [0.25, 0.3) is 0 Å². The summed E-state index contributed by atoms with van der Waals surface area (Å²) in [5.74, 6) is 0. The van der Waals surface area contributed by atoms with Gasteiger partial charge in [-0.05, 0) is 32.3 Å². The van der Waals surface area contributed by atoms with Gasteiger partial charge >= 0.3 is 0 Å². The molecule has 0 aliphatic heterocycles. The Balaban J connectivity index is 2.26. The smallest absolute Gasteiger partial charge is 0.0807 e. The summed E-state index contributed by atoms with van der Waals surface area (Å²) < 4.78 is 0. The summed E-state index contributed by atoms with van der Waals surface area (Å²) in [4.78, 5) is 2.51. The van der Waals surface area contributed by atoms with E-state index in [1.807, 2.05) is 13.0 Å². The van der Waals surface area contributed by atoms with Crippen LogP contribution in [-0.4, -0.2) is 17.7 Å². The first kappa shape index (κ1) is 14.4. The van der Waals surface area contributed by atoms with E-state index in [-0.39, 0.29) is 6.10 Å². The minimum absolute atomic E-state index is 0.339. The third-order valence-electron chi connectivity index (χ3n) is 4.35. The van der Waals surface area contributed by atoms with Gasteiger partial charge in [0.1, 0.15) is 0 Å². The predicted octanol–water partition coefficient (Wildman–Crippen LogP) is 4.29. The molecule has 19 heavy (non-hydrogen) atoms. The van der Waals surface area contributed by atoms with E-state index in [1.165, 1.54) is 37.8 Å². The summed E-state index contributed by atoms with van der Waals surface area (Å²) in [6.45, 7) is 5.29. The third-order valence-corrected chi connectivity index (χ3v) is 4.35. The molecule has 1 N–H and O–H groups in total. The first-order valence-corrected chi connectivity index (χ1v) is 7.81. The zero-order valence-electron chi connectivity index (χ0n) is 12.3. The number of anilines is 1. The molecule has 1 atom stereocenters. The summed E-state index contributed by atoms with van der Waals surface area (Å²) in [7, 11) is 0. The lowest BCUT2D eigenvalue weighted by molar-refractivity contribution is 0.174. The molecular formula is C17H27NO. The van der Waals surface area contributed by atoms with Crippen LogP contribution >= 0.6 is 0 Å². The van der Waals surface area contributed by atoms with Gasteiger partial charge in [0, 0.05) is 23.8 Å². The molecule has 1 saturated carbocycles. The average Bonchev–Trinajstić information content (AvgIpc) is 2.49. The van der Waals surface area contributed by atoms with Gasteiger partial charge in [0.25, 0.3) is 0 Å². The van der Waals surface area contributed by atoms with Gasteiger partial charge in [-0.1, -0.05) is 44.4 Å². The molecule has 0 aromatic heterocycles. The number of aliphatic hydroxyl groups excluding tert-OH is 1. The van der Waals surface area contributed by atoms with Crippen molar-refractivity contribution >= 4 is 5.69 Å². The monoisotopic (exact) mass is 261 g/mol. The average molecular weight is 261 g/mol. The number of rotatable bonds is 5.